The fourth-order valence-electron chi connectivity index (χ4n) is 2.01. The molecule has 0 spiro atoms. The average Bonchev–Trinajstić information content (AvgIpc) is 2.89. The number of aryl methyl sites for hydroxylation is 1. The summed E-state index contributed by atoms with van der Waals surface area (Å²) in [6.07, 6.45) is 0.711. The number of nitrogens with one attached hydrogen (secondary N) is 1. The minimum atomic E-state index is -0.00668. The molecule has 1 aromatic carbocycles. The monoisotopic (exact) mass is 318 g/mol. The smallest absolute Gasteiger partial charge is 0.239 e. The Labute approximate surface area is 135 Å². The Bertz CT molecular complexity index is 621. The van der Waals surface area contributed by atoms with E-state index < -0.39 is 0 Å². The summed E-state index contributed by atoms with van der Waals surface area (Å²) in [6, 6.07) is 8.51. The highest BCUT2D eigenvalue weighted by atomic mass is 32.1. The SMILES string of the molecule is Cc1ccc(Cc2nsc(N(C)CC(=O)NC(C)C)n2)cc1. The third-order valence-corrected chi connectivity index (χ3v) is 3.97. The standard InChI is InChI=1S/C16H22N4OS/c1-11(2)17-15(21)10-20(4)16-18-14(19-22-16)9-13-7-5-12(3)6-8-13/h5-8,11H,9-10H2,1-4H3,(H,17,21). The van der Waals surface area contributed by atoms with Gasteiger partial charge in [-0.15, -0.1) is 0 Å². The van der Waals surface area contributed by atoms with Gasteiger partial charge in [0.2, 0.25) is 11.0 Å². The molecule has 0 radical (unpaired) electrons. The predicted octanol–water partition coefficient (Wildman–Crippen LogP) is 2.40. The summed E-state index contributed by atoms with van der Waals surface area (Å²) in [6.45, 7) is 6.25. The molecule has 1 N–H and O–H groups in total. The molecule has 2 rings (SSSR count). The van der Waals surface area contributed by atoms with E-state index in [1.165, 1.54) is 22.7 Å². The number of rotatable bonds is 6. The zero-order valence-electron chi connectivity index (χ0n) is 13.5. The van der Waals surface area contributed by atoms with Gasteiger partial charge in [0.15, 0.2) is 0 Å². The van der Waals surface area contributed by atoms with Crippen molar-refractivity contribution in [3.8, 4) is 0 Å². The number of hydrogen-bond donors (Lipinski definition) is 1. The highest BCUT2D eigenvalue weighted by molar-refractivity contribution is 7.09. The number of benzene rings is 1. The lowest BCUT2D eigenvalue weighted by molar-refractivity contribution is -0.120. The van der Waals surface area contributed by atoms with Crippen molar-refractivity contribution in [2.24, 2.45) is 0 Å². The first-order valence-electron chi connectivity index (χ1n) is 7.32. The summed E-state index contributed by atoms with van der Waals surface area (Å²) in [4.78, 5) is 18.1. The number of carbonyl (C=O) groups excluding carboxylic acids is 1. The lowest BCUT2D eigenvalue weighted by Crippen LogP contribution is -2.38. The van der Waals surface area contributed by atoms with Crippen LogP contribution in [-0.4, -0.2) is 34.9 Å². The summed E-state index contributed by atoms with van der Waals surface area (Å²) in [7, 11) is 1.86. The van der Waals surface area contributed by atoms with Crippen molar-refractivity contribution in [3.63, 3.8) is 0 Å². The van der Waals surface area contributed by atoms with Crippen LogP contribution in [0.15, 0.2) is 24.3 Å². The molecule has 0 aliphatic carbocycles. The fourth-order valence-corrected chi connectivity index (χ4v) is 2.65. The first-order valence-corrected chi connectivity index (χ1v) is 8.10. The van der Waals surface area contributed by atoms with Crippen molar-refractivity contribution in [1.29, 1.82) is 0 Å². The van der Waals surface area contributed by atoms with Gasteiger partial charge in [-0.1, -0.05) is 29.8 Å². The molecule has 5 nitrogen and oxygen atoms in total. The molecule has 1 aromatic heterocycles. The maximum atomic E-state index is 11.8. The molecule has 2 aromatic rings. The van der Waals surface area contributed by atoms with E-state index in [1.807, 2.05) is 25.8 Å². The van der Waals surface area contributed by atoms with Crippen molar-refractivity contribution in [3.05, 3.63) is 41.2 Å². The number of aromatic nitrogens is 2. The molecule has 0 fully saturated rings. The second-order valence-corrected chi connectivity index (χ2v) is 6.46. The van der Waals surface area contributed by atoms with E-state index in [-0.39, 0.29) is 18.5 Å². The molecule has 0 bridgehead atoms. The van der Waals surface area contributed by atoms with Crippen LogP contribution in [0.3, 0.4) is 0 Å². The summed E-state index contributed by atoms with van der Waals surface area (Å²) in [5, 5.41) is 3.64. The molecule has 22 heavy (non-hydrogen) atoms. The van der Waals surface area contributed by atoms with Crippen LogP contribution in [0.1, 0.15) is 30.8 Å². The average molecular weight is 318 g/mol. The van der Waals surface area contributed by atoms with E-state index in [0.717, 1.165) is 11.0 Å². The zero-order chi connectivity index (χ0) is 16.1. The third kappa shape index (κ3) is 4.80. The Hall–Kier alpha value is -1.95. The van der Waals surface area contributed by atoms with Crippen molar-refractivity contribution in [2.75, 3.05) is 18.5 Å². The topological polar surface area (TPSA) is 58.1 Å². The molecule has 0 unspecified atom stereocenters. The van der Waals surface area contributed by atoms with Gasteiger partial charge < -0.3 is 10.2 Å². The summed E-state index contributed by atoms with van der Waals surface area (Å²) in [5.74, 6) is 0.785. The van der Waals surface area contributed by atoms with E-state index in [9.17, 15) is 4.79 Å². The molecule has 0 aliphatic rings. The van der Waals surface area contributed by atoms with E-state index in [1.54, 1.807) is 0 Å². The van der Waals surface area contributed by atoms with Crippen LogP contribution in [0.5, 0.6) is 0 Å². The van der Waals surface area contributed by atoms with Gasteiger partial charge in [-0.05, 0) is 26.3 Å². The van der Waals surface area contributed by atoms with Crippen LogP contribution in [-0.2, 0) is 11.2 Å². The van der Waals surface area contributed by atoms with Crippen LogP contribution >= 0.6 is 11.5 Å². The number of anilines is 1. The molecule has 6 heteroatoms. The van der Waals surface area contributed by atoms with Crippen LogP contribution in [0.25, 0.3) is 0 Å². The van der Waals surface area contributed by atoms with Crippen LogP contribution in [0, 0.1) is 6.92 Å². The van der Waals surface area contributed by atoms with Crippen LogP contribution in [0.4, 0.5) is 5.13 Å². The van der Waals surface area contributed by atoms with Gasteiger partial charge >= 0.3 is 0 Å². The number of nitrogens with zero attached hydrogens (tertiary/aromatic N) is 3. The maximum Gasteiger partial charge on any atom is 0.239 e. The molecule has 1 heterocycles. The number of likely N-dealkylation sites (N-methyl/N-ethyl adjacent to an activating group) is 1. The quantitative estimate of drug-likeness (QED) is 0.888. The van der Waals surface area contributed by atoms with Gasteiger partial charge in [0.1, 0.15) is 5.82 Å². The van der Waals surface area contributed by atoms with E-state index in [0.29, 0.717) is 6.42 Å². The molecule has 0 aliphatic heterocycles. The second kappa shape index (κ2) is 7.35. The molecule has 0 saturated heterocycles. The molecule has 118 valence electrons. The van der Waals surface area contributed by atoms with Gasteiger partial charge in [0.05, 0.1) is 6.54 Å². The van der Waals surface area contributed by atoms with E-state index >= 15 is 0 Å². The molecular weight excluding hydrogens is 296 g/mol. The van der Waals surface area contributed by atoms with Crippen molar-refractivity contribution >= 4 is 22.6 Å². The fraction of sp³-hybridized carbons (Fsp3) is 0.438. The highest BCUT2D eigenvalue weighted by Gasteiger charge is 2.13. The van der Waals surface area contributed by atoms with Crippen molar-refractivity contribution in [1.82, 2.24) is 14.7 Å². The van der Waals surface area contributed by atoms with Gasteiger partial charge in [0, 0.05) is 31.0 Å². The zero-order valence-corrected chi connectivity index (χ0v) is 14.3. The number of carbonyl (C=O) groups is 1. The molecule has 0 atom stereocenters. The lowest BCUT2D eigenvalue weighted by Gasteiger charge is -2.15. The first kappa shape index (κ1) is 16.4. The highest BCUT2D eigenvalue weighted by Crippen LogP contribution is 2.17. The van der Waals surface area contributed by atoms with Crippen LogP contribution < -0.4 is 10.2 Å². The largest absolute Gasteiger partial charge is 0.352 e. The van der Waals surface area contributed by atoms with Crippen molar-refractivity contribution in [2.45, 2.75) is 33.2 Å². The third-order valence-electron chi connectivity index (χ3n) is 3.10. The Morgan fingerprint density at radius 3 is 2.64 bits per heavy atom. The normalized spacial score (nSPS) is 10.8. The van der Waals surface area contributed by atoms with Gasteiger partial charge in [0.25, 0.3) is 0 Å². The van der Waals surface area contributed by atoms with Gasteiger partial charge in [-0.25, -0.2) is 4.98 Å². The van der Waals surface area contributed by atoms with Gasteiger partial charge in [-0.3, -0.25) is 4.79 Å². The predicted molar refractivity (Wildman–Crippen MR) is 90.4 cm³/mol. The Morgan fingerprint density at radius 1 is 1.32 bits per heavy atom. The van der Waals surface area contributed by atoms with E-state index in [2.05, 4.69) is 45.9 Å². The second-order valence-electron chi connectivity index (χ2n) is 5.73. The Kier molecular flexibility index (Phi) is 5.49. The molecule has 0 saturated carbocycles. The Morgan fingerprint density at radius 2 is 2.00 bits per heavy atom. The molecule has 1 amide bonds. The maximum absolute atomic E-state index is 11.8. The summed E-state index contributed by atoms with van der Waals surface area (Å²) < 4.78 is 4.38. The lowest BCUT2D eigenvalue weighted by atomic mass is 10.1. The first-order chi connectivity index (χ1) is 10.4. The molecular formula is C16H22N4OS. The van der Waals surface area contributed by atoms with Gasteiger partial charge in [-0.2, -0.15) is 4.37 Å². The Balaban J connectivity index is 1.95. The summed E-state index contributed by atoms with van der Waals surface area (Å²) >= 11 is 1.33. The van der Waals surface area contributed by atoms with Crippen LogP contribution in [0.2, 0.25) is 0 Å². The number of hydrogen-bond acceptors (Lipinski definition) is 5. The van der Waals surface area contributed by atoms with E-state index in [4.69, 9.17) is 0 Å². The minimum absolute atomic E-state index is 0.00668. The minimum Gasteiger partial charge on any atom is -0.352 e. The number of amides is 1. The van der Waals surface area contributed by atoms with Crippen molar-refractivity contribution < 1.29 is 4.79 Å². The summed E-state index contributed by atoms with van der Waals surface area (Å²) in [5.41, 5.74) is 2.43.